The van der Waals surface area contributed by atoms with Gasteiger partial charge in [-0.05, 0) is 93.2 Å². The van der Waals surface area contributed by atoms with Crippen molar-refractivity contribution in [3.05, 3.63) is 225 Å². The van der Waals surface area contributed by atoms with E-state index in [0.717, 1.165) is 101 Å². The van der Waals surface area contributed by atoms with Crippen LogP contribution in [0.15, 0.2) is 223 Å². The van der Waals surface area contributed by atoms with E-state index in [4.69, 9.17) is 14.4 Å². The van der Waals surface area contributed by atoms with Gasteiger partial charge in [0.15, 0.2) is 5.82 Å². The van der Waals surface area contributed by atoms with Crippen LogP contribution < -0.4 is 4.90 Å². The molecule has 0 aliphatic carbocycles. The Hall–Kier alpha value is -8.08. The molecule has 0 unspecified atom stereocenters. The van der Waals surface area contributed by atoms with E-state index in [9.17, 15) is 0 Å². The Labute approximate surface area is 354 Å². The van der Waals surface area contributed by atoms with Crippen LogP contribution in [0.4, 0.5) is 11.4 Å². The van der Waals surface area contributed by atoms with Crippen molar-refractivity contribution < 1.29 is 4.42 Å². The molecule has 11 rings (SSSR count). The summed E-state index contributed by atoms with van der Waals surface area (Å²) < 4.78 is 6.09. The first kappa shape index (κ1) is 36.0. The highest BCUT2D eigenvalue weighted by Crippen LogP contribution is 2.38. The van der Waals surface area contributed by atoms with Gasteiger partial charge in [0, 0.05) is 50.9 Å². The Bertz CT molecular complexity index is 3360. The van der Waals surface area contributed by atoms with Gasteiger partial charge in [0.2, 0.25) is 0 Å². The Morgan fingerprint density at radius 1 is 0.459 bits per heavy atom. The van der Waals surface area contributed by atoms with Crippen LogP contribution in [-0.2, 0) is 0 Å². The highest BCUT2D eigenvalue weighted by molar-refractivity contribution is 6.06. The third-order valence-corrected chi connectivity index (χ3v) is 11.6. The quantitative estimate of drug-likeness (QED) is 0.168. The topological polar surface area (TPSA) is 42.2 Å². The molecule has 0 bridgehead atoms. The number of rotatable bonds is 6. The molecule has 0 fully saturated rings. The molecule has 0 spiro atoms. The van der Waals surface area contributed by atoms with Gasteiger partial charge >= 0.3 is 0 Å². The maximum absolute atomic E-state index is 6.09. The molecule has 0 N–H and O–H groups in total. The molecule has 0 saturated heterocycles. The number of furan rings is 1. The minimum atomic E-state index is 0.694. The molecule has 0 amide bonds. The van der Waals surface area contributed by atoms with Crippen molar-refractivity contribution in [2.45, 2.75) is 0 Å². The van der Waals surface area contributed by atoms with Crippen molar-refractivity contribution in [3.63, 3.8) is 0 Å². The van der Waals surface area contributed by atoms with E-state index in [1.807, 2.05) is 30.3 Å². The molecular formula is C57H39N3O. The maximum atomic E-state index is 6.09. The lowest BCUT2D eigenvalue weighted by Crippen LogP contribution is -2.18. The fourth-order valence-corrected chi connectivity index (χ4v) is 8.47. The normalized spacial score (nSPS) is 13.8. The molecule has 2 aromatic heterocycles. The highest BCUT2D eigenvalue weighted by atomic mass is 16.3. The van der Waals surface area contributed by atoms with Crippen LogP contribution in [0.25, 0.3) is 94.4 Å². The molecule has 3 heterocycles. The molecule has 1 aliphatic rings. The molecule has 10 aromatic rings. The molecule has 0 saturated carbocycles. The van der Waals surface area contributed by atoms with Crippen molar-refractivity contribution in [2.24, 2.45) is 0 Å². The number of para-hydroxylation sites is 2. The van der Waals surface area contributed by atoms with Gasteiger partial charge < -0.3 is 9.32 Å². The Morgan fingerprint density at radius 3 is 1.97 bits per heavy atom. The minimum Gasteiger partial charge on any atom is -0.456 e. The first-order chi connectivity index (χ1) is 30.1. The SMILES string of the molecule is C=C1/C=C\C=C/CN(c2cccc(-c3ccc4cc(-c5cc(-c6ccc(-c7ccc8oc9ccccc9c8c7)cc6)nc(-c6ccccc6)n5)ccc4c3)c2)c2ccccc21. The summed E-state index contributed by atoms with van der Waals surface area (Å²) in [6.07, 6.45) is 8.43. The van der Waals surface area contributed by atoms with Gasteiger partial charge in [-0.3, -0.25) is 0 Å². The van der Waals surface area contributed by atoms with Crippen LogP contribution >= 0.6 is 0 Å². The molecule has 8 aromatic carbocycles. The molecule has 0 atom stereocenters. The maximum Gasteiger partial charge on any atom is 0.160 e. The summed E-state index contributed by atoms with van der Waals surface area (Å²) >= 11 is 0. The van der Waals surface area contributed by atoms with E-state index >= 15 is 0 Å². The standard InChI is InChI=1S/C57H39N3O/c1-38-13-4-3-11-32-60(54-20-9-7-18-49(38)54)48-17-12-16-42(35-48)43-26-27-45-34-47(29-28-44(45)33-43)53-37-52(58-57(59-53)41-14-5-2-6-15-41)40-24-22-39(23-25-40)46-30-31-56-51(36-46)50-19-8-10-21-55(50)61-56/h2-31,33-37H,1,32H2/b11-3-,13-4-. The number of aromatic nitrogens is 2. The summed E-state index contributed by atoms with van der Waals surface area (Å²) in [5, 5.41) is 4.56. The number of benzene rings is 8. The number of hydrogen-bond acceptors (Lipinski definition) is 4. The predicted octanol–water partition coefficient (Wildman–Crippen LogP) is 15.1. The molecule has 288 valence electrons. The number of anilines is 2. The zero-order valence-electron chi connectivity index (χ0n) is 33.4. The third kappa shape index (κ3) is 6.90. The van der Waals surface area contributed by atoms with E-state index in [1.54, 1.807) is 0 Å². The van der Waals surface area contributed by atoms with E-state index in [1.165, 1.54) is 10.9 Å². The summed E-state index contributed by atoms with van der Waals surface area (Å²) in [6, 6.07) is 66.3. The average Bonchev–Trinajstić information content (AvgIpc) is 3.73. The van der Waals surface area contributed by atoms with Crippen LogP contribution in [0.1, 0.15) is 5.56 Å². The molecule has 4 heteroatoms. The molecular weight excluding hydrogens is 743 g/mol. The predicted molar refractivity (Wildman–Crippen MR) is 255 cm³/mol. The summed E-state index contributed by atoms with van der Waals surface area (Å²) in [6.45, 7) is 5.10. The average molecular weight is 782 g/mol. The van der Waals surface area contributed by atoms with Crippen LogP contribution in [0.3, 0.4) is 0 Å². The summed E-state index contributed by atoms with van der Waals surface area (Å²) in [5.74, 6) is 0.694. The van der Waals surface area contributed by atoms with Gasteiger partial charge in [0.1, 0.15) is 11.2 Å². The van der Waals surface area contributed by atoms with Crippen molar-refractivity contribution >= 4 is 49.7 Å². The Balaban J connectivity index is 0.922. The zero-order chi connectivity index (χ0) is 40.7. The summed E-state index contributed by atoms with van der Waals surface area (Å²) in [5.41, 5.74) is 15.6. The first-order valence-corrected chi connectivity index (χ1v) is 20.6. The summed E-state index contributed by atoms with van der Waals surface area (Å²) in [7, 11) is 0. The fourth-order valence-electron chi connectivity index (χ4n) is 8.47. The number of hydrogen-bond donors (Lipinski definition) is 0. The van der Waals surface area contributed by atoms with E-state index < -0.39 is 0 Å². The largest absolute Gasteiger partial charge is 0.456 e. The second-order valence-electron chi connectivity index (χ2n) is 15.5. The highest BCUT2D eigenvalue weighted by Gasteiger charge is 2.16. The van der Waals surface area contributed by atoms with Crippen molar-refractivity contribution in [1.29, 1.82) is 0 Å². The zero-order valence-corrected chi connectivity index (χ0v) is 33.4. The van der Waals surface area contributed by atoms with Crippen molar-refractivity contribution in [1.82, 2.24) is 9.97 Å². The van der Waals surface area contributed by atoms with Crippen molar-refractivity contribution in [3.8, 4) is 56.2 Å². The van der Waals surface area contributed by atoms with E-state index in [0.29, 0.717) is 5.82 Å². The van der Waals surface area contributed by atoms with Gasteiger partial charge in [-0.2, -0.15) is 0 Å². The smallest absolute Gasteiger partial charge is 0.160 e. The molecule has 1 aliphatic heterocycles. The van der Waals surface area contributed by atoms with Gasteiger partial charge in [-0.15, -0.1) is 0 Å². The van der Waals surface area contributed by atoms with Gasteiger partial charge in [0.25, 0.3) is 0 Å². The van der Waals surface area contributed by atoms with Crippen LogP contribution in [-0.4, -0.2) is 16.5 Å². The lowest BCUT2D eigenvalue weighted by atomic mass is 9.97. The van der Waals surface area contributed by atoms with Gasteiger partial charge in [0.05, 0.1) is 11.4 Å². The van der Waals surface area contributed by atoms with Gasteiger partial charge in [-0.25, -0.2) is 9.97 Å². The molecule has 61 heavy (non-hydrogen) atoms. The van der Waals surface area contributed by atoms with E-state index in [2.05, 4.69) is 194 Å². The minimum absolute atomic E-state index is 0.694. The van der Waals surface area contributed by atoms with E-state index in [-0.39, 0.29) is 0 Å². The van der Waals surface area contributed by atoms with Crippen molar-refractivity contribution in [2.75, 3.05) is 11.4 Å². The van der Waals surface area contributed by atoms with Crippen LogP contribution in [0.2, 0.25) is 0 Å². The molecule has 0 radical (unpaired) electrons. The number of nitrogens with zero attached hydrogens (tertiary/aromatic N) is 3. The van der Waals surface area contributed by atoms with Crippen LogP contribution in [0.5, 0.6) is 0 Å². The summed E-state index contributed by atoms with van der Waals surface area (Å²) in [4.78, 5) is 12.6. The van der Waals surface area contributed by atoms with Crippen LogP contribution in [0, 0.1) is 0 Å². The Morgan fingerprint density at radius 2 is 1.10 bits per heavy atom. The first-order valence-electron chi connectivity index (χ1n) is 20.6. The number of fused-ring (bicyclic) bond motifs is 5. The fraction of sp³-hybridized carbons (Fsp3) is 0.0175. The third-order valence-electron chi connectivity index (χ3n) is 11.6. The monoisotopic (exact) mass is 781 g/mol. The van der Waals surface area contributed by atoms with Gasteiger partial charge in [-0.1, -0.05) is 164 Å². The second kappa shape index (κ2) is 15.3. The molecule has 4 nitrogen and oxygen atoms in total. The number of allylic oxidation sites excluding steroid dienone is 4. The lowest BCUT2D eigenvalue weighted by molar-refractivity contribution is 0.669. The second-order valence-corrected chi connectivity index (χ2v) is 15.5. The lowest BCUT2D eigenvalue weighted by Gasteiger charge is -2.26. The Kier molecular flexibility index (Phi) is 9.02.